The molecule has 0 fully saturated rings. The van der Waals surface area contributed by atoms with Crippen LogP contribution in [0.25, 0.3) is 0 Å². The summed E-state index contributed by atoms with van der Waals surface area (Å²) in [4.78, 5) is 0. The molecule has 0 spiro atoms. The van der Waals surface area contributed by atoms with Gasteiger partial charge in [0, 0.05) is 21.1 Å². The summed E-state index contributed by atoms with van der Waals surface area (Å²) in [5, 5.41) is 0. The van der Waals surface area contributed by atoms with Gasteiger partial charge in [-0.25, -0.2) is 0 Å². The summed E-state index contributed by atoms with van der Waals surface area (Å²) in [6.07, 6.45) is 32.0. The van der Waals surface area contributed by atoms with Crippen LogP contribution < -0.4 is 0 Å². The molecule has 0 amide bonds. The van der Waals surface area contributed by atoms with E-state index in [4.69, 9.17) is 0 Å². The Morgan fingerprint density at radius 3 is 0.294 bits per heavy atom. The molecular formula is C16H16Mo. The molecule has 0 saturated carbocycles. The van der Waals surface area contributed by atoms with Crippen molar-refractivity contribution in [3.05, 3.63) is 97.2 Å². The van der Waals surface area contributed by atoms with Crippen LogP contribution in [0.15, 0.2) is 97.2 Å². The zero-order valence-electron chi connectivity index (χ0n) is 9.65. The Morgan fingerprint density at radius 1 is 0.176 bits per heavy atom. The minimum Gasteiger partial charge on any atom is -0.0623 e. The first-order valence-corrected chi connectivity index (χ1v) is 5.33. The molecule has 1 heteroatoms. The Kier molecular flexibility index (Phi) is 11.6. The van der Waals surface area contributed by atoms with Crippen molar-refractivity contribution in [1.82, 2.24) is 0 Å². The summed E-state index contributed by atoms with van der Waals surface area (Å²) in [6, 6.07) is 0. The van der Waals surface area contributed by atoms with Gasteiger partial charge in [0.05, 0.1) is 0 Å². The van der Waals surface area contributed by atoms with Gasteiger partial charge in [-0.05, 0) is 0 Å². The maximum atomic E-state index is 2.00. The SMILES string of the molecule is C1=C/C=C\C=C/C=C1.C1=C/C=C\C=C/C=C1.[Mo]. The summed E-state index contributed by atoms with van der Waals surface area (Å²) in [6.45, 7) is 0. The molecule has 0 atom stereocenters. The summed E-state index contributed by atoms with van der Waals surface area (Å²) < 4.78 is 0. The molecule has 0 saturated heterocycles. The normalized spacial score (nSPS) is 22.6. The number of allylic oxidation sites excluding steroid dienone is 16. The van der Waals surface area contributed by atoms with E-state index in [0.717, 1.165) is 0 Å². The predicted octanol–water partition coefficient (Wildman–Crippen LogP) is 4.45. The van der Waals surface area contributed by atoms with Crippen LogP contribution in [0.4, 0.5) is 0 Å². The van der Waals surface area contributed by atoms with Gasteiger partial charge in [-0.1, -0.05) is 97.2 Å². The van der Waals surface area contributed by atoms with Gasteiger partial charge in [-0.2, -0.15) is 0 Å². The van der Waals surface area contributed by atoms with Gasteiger partial charge in [-0.15, -0.1) is 0 Å². The van der Waals surface area contributed by atoms with E-state index in [1.807, 2.05) is 97.2 Å². The Balaban J connectivity index is 0.000000284. The van der Waals surface area contributed by atoms with E-state index in [2.05, 4.69) is 0 Å². The second-order valence-electron chi connectivity index (χ2n) is 3.08. The zero-order chi connectivity index (χ0) is 11.3. The Labute approximate surface area is 118 Å². The third-order valence-electron chi connectivity index (χ3n) is 1.78. The van der Waals surface area contributed by atoms with Gasteiger partial charge in [-0.3, -0.25) is 0 Å². The minimum atomic E-state index is 0. The molecule has 2 aliphatic carbocycles. The van der Waals surface area contributed by atoms with Crippen molar-refractivity contribution in [2.24, 2.45) is 0 Å². The smallest absolute Gasteiger partial charge is 0 e. The van der Waals surface area contributed by atoms with Gasteiger partial charge in [0.1, 0.15) is 0 Å². The van der Waals surface area contributed by atoms with Crippen LogP contribution in [0.5, 0.6) is 0 Å². The number of rotatable bonds is 0. The van der Waals surface area contributed by atoms with Crippen LogP contribution in [0.1, 0.15) is 0 Å². The van der Waals surface area contributed by atoms with Crippen molar-refractivity contribution in [2.75, 3.05) is 0 Å². The predicted molar refractivity (Wildman–Crippen MR) is 73.1 cm³/mol. The van der Waals surface area contributed by atoms with E-state index >= 15 is 0 Å². The fourth-order valence-electron chi connectivity index (χ4n) is 1.03. The molecule has 0 bridgehead atoms. The summed E-state index contributed by atoms with van der Waals surface area (Å²) >= 11 is 0. The van der Waals surface area contributed by atoms with Crippen molar-refractivity contribution in [3.63, 3.8) is 0 Å². The van der Waals surface area contributed by atoms with Crippen LogP contribution in [0, 0.1) is 0 Å². The number of hydrogen-bond donors (Lipinski definition) is 0. The van der Waals surface area contributed by atoms with E-state index in [9.17, 15) is 0 Å². The average Bonchev–Trinajstić information content (AvgIpc) is 2.15. The zero-order valence-corrected chi connectivity index (χ0v) is 11.7. The van der Waals surface area contributed by atoms with E-state index in [-0.39, 0.29) is 21.1 Å². The van der Waals surface area contributed by atoms with Crippen LogP contribution >= 0.6 is 0 Å². The molecule has 0 N–H and O–H groups in total. The van der Waals surface area contributed by atoms with Crippen LogP contribution in [-0.4, -0.2) is 0 Å². The third-order valence-corrected chi connectivity index (χ3v) is 1.78. The summed E-state index contributed by atoms with van der Waals surface area (Å²) in [5.74, 6) is 0. The van der Waals surface area contributed by atoms with Gasteiger partial charge in [0.15, 0.2) is 0 Å². The molecule has 0 nitrogen and oxygen atoms in total. The first-order chi connectivity index (χ1) is 8.00. The van der Waals surface area contributed by atoms with E-state index in [1.165, 1.54) is 0 Å². The van der Waals surface area contributed by atoms with Crippen molar-refractivity contribution >= 4 is 0 Å². The first-order valence-electron chi connectivity index (χ1n) is 5.33. The first kappa shape index (κ1) is 15.6. The van der Waals surface area contributed by atoms with Crippen LogP contribution in [0.2, 0.25) is 0 Å². The average molecular weight is 304 g/mol. The van der Waals surface area contributed by atoms with Crippen molar-refractivity contribution in [1.29, 1.82) is 0 Å². The maximum Gasteiger partial charge on any atom is 0 e. The monoisotopic (exact) mass is 306 g/mol. The topological polar surface area (TPSA) is 0 Å². The van der Waals surface area contributed by atoms with Crippen LogP contribution in [-0.2, 0) is 21.1 Å². The van der Waals surface area contributed by atoms with Gasteiger partial charge < -0.3 is 0 Å². The molecule has 0 aliphatic heterocycles. The fraction of sp³-hybridized carbons (Fsp3) is 0. The van der Waals surface area contributed by atoms with Crippen LogP contribution in [0.3, 0.4) is 0 Å². The van der Waals surface area contributed by atoms with Crippen molar-refractivity contribution < 1.29 is 21.1 Å². The third kappa shape index (κ3) is 10.9. The standard InChI is InChI=1S/2C8H8.Mo/c2*1-2-4-6-8-7-5-3-1;/h2*1-8H;/b2*2-1-,3-1?,4-2?,5-3-,6-4?,7-5?,8-6?,8-7?;. The largest absolute Gasteiger partial charge is 0.0623 e. The molecular weight excluding hydrogens is 288 g/mol. The molecule has 0 aromatic rings. The number of hydrogen-bond acceptors (Lipinski definition) is 0. The molecule has 0 unspecified atom stereocenters. The van der Waals surface area contributed by atoms with Gasteiger partial charge in [0.25, 0.3) is 0 Å². The molecule has 2 rings (SSSR count). The van der Waals surface area contributed by atoms with E-state index in [1.54, 1.807) is 0 Å². The quantitative estimate of drug-likeness (QED) is 0.580. The molecule has 2 aliphatic rings. The Hall–Kier alpha value is -1.39. The molecule has 0 radical (unpaired) electrons. The Bertz CT molecular complexity index is 247. The second-order valence-corrected chi connectivity index (χ2v) is 3.08. The fourth-order valence-corrected chi connectivity index (χ4v) is 1.03. The molecule has 17 heavy (non-hydrogen) atoms. The van der Waals surface area contributed by atoms with Gasteiger partial charge in [0.2, 0.25) is 0 Å². The second kappa shape index (κ2) is 12.7. The molecule has 0 aromatic heterocycles. The summed E-state index contributed by atoms with van der Waals surface area (Å²) in [7, 11) is 0. The molecule has 0 aromatic carbocycles. The van der Waals surface area contributed by atoms with Crippen molar-refractivity contribution in [3.8, 4) is 0 Å². The maximum absolute atomic E-state index is 2.00. The minimum absolute atomic E-state index is 0. The summed E-state index contributed by atoms with van der Waals surface area (Å²) in [5.41, 5.74) is 0. The van der Waals surface area contributed by atoms with Crippen molar-refractivity contribution in [2.45, 2.75) is 0 Å². The molecule has 86 valence electrons. The van der Waals surface area contributed by atoms with Gasteiger partial charge >= 0.3 is 0 Å². The van der Waals surface area contributed by atoms with E-state index in [0.29, 0.717) is 0 Å². The Morgan fingerprint density at radius 2 is 0.235 bits per heavy atom. The van der Waals surface area contributed by atoms with E-state index < -0.39 is 0 Å². The molecule has 0 heterocycles.